The Morgan fingerprint density at radius 1 is 1.71 bits per heavy atom. The highest BCUT2D eigenvalue weighted by Gasteiger charge is 2.22. The van der Waals surface area contributed by atoms with E-state index in [1.807, 2.05) is 0 Å². The minimum Gasteiger partial charge on any atom is -0.336 e. The summed E-state index contributed by atoms with van der Waals surface area (Å²) in [5.41, 5.74) is 0. The second kappa shape index (κ2) is 1.85. The van der Waals surface area contributed by atoms with Crippen LogP contribution in [0.1, 0.15) is 6.42 Å². The van der Waals surface area contributed by atoms with Gasteiger partial charge in [0.25, 0.3) is 0 Å². The Morgan fingerprint density at radius 3 is 2.14 bits per heavy atom. The molecule has 0 rings (SSSR count). The summed E-state index contributed by atoms with van der Waals surface area (Å²) in [6.45, 7) is 0. The molecule has 0 fully saturated rings. The molecule has 0 heterocycles. The topological polar surface area (TPSA) is 44.0 Å². The summed E-state index contributed by atoms with van der Waals surface area (Å²) in [6.07, 6.45) is -4.94. The molecule has 0 amide bonds. The lowest BCUT2D eigenvalue weighted by Crippen LogP contribution is -2.11. The zero-order chi connectivity index (χ0) is 5.91. The van der Waals surface area contributed by atoms with Gasteiger partial charge in [-0.1, -0.05) is 0 Å². The summed E-state index contributed by atoms with van der Waals surface area (Å²) in [4.78, 5) is 0. The van der Waals surface area contributed by atoms with Crippen LogP contribution in [-0.2, 0) is 0 Å². The Morgan fingerprint density at radius 2 is 2.14 bits per heavy atom. The maximum atomic E-state index is 11.1. The van der Waals surface area contributed by atoms with E-state index < -0.39 is 12.5 Å². The first-order valence-electron chi connectivity index (χ1n) is 1.53. The molecule has 0 aromatic heterocycles. The van der Waals surface area contributed by atoms with E-state index in [0.717, 1.165) is 6.07 Å². The molecule has 0 aromatic rings. The number of nitriles is 1. The molecule has 0 aliphatic carbocycles. The van der Waals surface area contributed by atoms with Gasteiger partial charge in [-0.15, -0.1) is 0 Å². The van der Waals surface area contributed by atoms with Crippen LogP contribution < -0.4 is 0 Å². The van der Waals surface area contributed by atoms with Crippen molar-refractivity contribution in [3.8, 4) is 6.07 Å². The van der Waals surface area contributed by atoms with Crippen molar-refractivity contribution in [1.29, 1.82) is 5.26 Å². The van der Waals surface area contributed by atoms with E-state index in [1.165, 1.54) is 0 Å². The Hall–Kier alpha value is -0.690. The maximum absolute atomic E-state index is 11.1. The molecule has 0 unspecified atom stereocenters. The normalized spacial score (nSPS) is 10.6. The summed E-state index contributed by atoms with van der Waals surface area (Å²) in [5, 5.41) is 15.0. The predicted molar refractivity (Wildman–Crippen MR) is 17.4 cm³/mol. The van der Waals surface area contributed by atoms with Crippen LogP contribution in [0.4, 0.5) is 8.78 Å². The third kappa shape index (κ3) is 5.31. The van der Waals surface area contributed by atoms with Crippen LogP contribution in [-0.4, -0.2) is 11.2 Å². The SMILES string of the molecule is N#CCC(O)(F)F. The molecule has 0 spiro atoms. The second-order valence-corrected chi connectivity index (χ2v) is 1.00. The van der Waals surface area contributed by atoms with Crippen LogP contribution in [0.25, 0.3) is 0 Å². The van der Waals surface area contributed by atoms with Crippen LogP contribution in [0.3, 0.4) is 0 Å². The molecule has 40 valence electrons. The smallest absolute Gasteiger partial charge is 0.336 e. The average Bonchev–Trinajstić information content (AvgIpc) is 1.30. The first-order valence-corrected chi connectivity index (χ1v) is 1.53. The summed E-state index contributed by atoms with van der Waals surface area (Å²) in [6, 6.07) is 1.11. The number of halogens is 2. The van der Waals surface area contributed by atoms with E-state index in [0.29, 0.717) is 0 Å². The van der Waals surface area contributed by atoms with Crippen molar-refractivity contribution in [2.75, 3.05) is 0 Å². The molecule has 0 atom stereocenters. The molecule has 0 aliphatic heterocycles. The van der Waals surface area contributed by atoms with Crippen LogP contribution in [0.2, 0.25) is 0 Å². The minimum absolute atomic E-state index is 1.11. The molecule has 2 nitrogen and oxygen atoms in total. The van der Waals surface area contributed by atoms with Gasteiger partial charge in [0.05, 0.1) is 6.07 Å². The molecule has 0 saturated heterocycles. The van der Waals surface area contributed by atoms with E-state index >= 15 is 0 Å². The molecule has 0 aliphatic rings. The third-order valence-electron chi connectivity index (χ3n) is 0.292. The van der Waals surface area contributed by atoms with Crippen LogP contribution in [0.5, 0.6) is 0 Å². The van der Waals surface area contributed by atoms with Crippen LogP contribution >= 0.6 is 0 Å². The van der Waals surface area contributed by atoms with Gasteiger partial charge in [-0.25, -0.2) is 0 Å². The van der Waals surface area contributed by atoms with Crippen LogP contribution in [0, 0.1) is 11.3 Å². The molecule has 0 radical (unpaired) electrons. The lowest BCUT2D eigenvalue weighted by atomic mass is 10.5. The minimum atomic E-state index is -3.81. The second-order valence-electron chi connectivity index (χ2n) is 1.00. The maximum Gasteiger partial charge on any atom is 0.366 e. The first-order chi connectivity index (χ1) is 3.06. The van der Waals surface area contributed by atoms with Gasteiger partial charge in [-0.3, -0.25) is 0 Å². The van der Waals surface area contributed by atoms with Crippen molar-refractivity contribution < 1.29 is 13.9 Å². The lowest BCUT2D eigenvalue weighted by molar-refractivity contribution is -0.193. The Bertz CT molecular complexity index is 90.1. The van der Waals surface area contributed by atoms with E-state index in [4.69, 9.17) is 10.4 Å². The fourth-order valence-electron chi connectivity index (χ4n) is 0.0951. The quantitative estimate of drug-likeness (QED) is 0.529. The van der Waals surface area contributed by atoms with Gasteiger partial charge in [0, 0.05) is 0 Å². The van der Waals surface area contributed by atoms with Gasteiger partial charge < -0.3 is 5.11 Å². The lowest BCUT2D eigenvalue weighted by Gasteiger charge is -1.98. The van der Waals surface area contributed by atoms with Crippen molar-refractivity contribution in [2.45, 2.75) is 12.5 Å². The highest BCUT2D eigenvalue weighted by Crippen LogP contribution is 2.10. The molecule has 0 saturated carbocycles. The van der Waals surface area contributed by atoms with Crippen molar-refractivity contribution in [1.82, 2.24) is 0 Å². The van der Waals surface area contributed by atoms with E-state index in [2.05, 4.69) is 0 Å². The summed E-state index contributed by atoms with van der Waals surface area (Å²) >= 11 is 0. The highest BCUT2D eigenvalue weighted by molar-refractivity contribution is 4.73. The van der Waals surface area contributed by atoms with E-state index in [9.17, 15) is 8.78 Å². The fourth-order valence-corrected chi connectivity index (χ4v) is 0.0951. The Labute approximate surface area is 39.0 Å². The number of rotatable bonds is 1. The van der Waals surface area contributed by atoms with Crippen LogP contribution in [0.15, 0.2) is 0 Å². The van der Waals surface area contributed by atoms with Crippen molar-refractivity contribution in [3.05, 3.63) is 0 Å². The molecule has 4 heteroatoms. The zero-order valence-corrected chi connectivity index (χ0v) is 3.36. The first kappa shape index (κ1) is 6.31. The van der Waals surface area contributed by atoms with Gasteiger partial charge in [0.1, 0.15) is 6.42 Å². The van der Waals surface area contributed by atoms with Crippen molar-refractivity contribution in [3.63, 3.8) is 0 Å². The fraction of sp³-hybridized carbons (Fsp3) is 0.667. The zero-order valence-electron chi connectivity index (χ0n) is 3.36. The van der Waals surface area contributed by atoms with Gasteiger partial charge in [0.2, 0.25) is 0 Å². The predicted octanol–water partition coefficient (Wildman–Crippen LogP) is 0.485. The molecule has 0 aromatic carbocycles. The van der Waals surface area contributed by atoms with Gasteiger partial charge >= 0.3 is 6.11 Å². The molecule has 7 heavy (non-hydrogen) atoms. The van der Waals surface area contributed by atoms with Crippen molar-refractivity contribution >= 4 is 0 Å². The van der Waals surface area contributed by atoms with Gasteiger partial charge in [-0.2, -0.15) is 14.0 Å². The van der Waals surface area contributed by atoms with Gasteiger partial charge in [0.15, 0.2) is 0 Å². The van der Waals surface area contributed by atoms with E-state index in [1.54, 1.807) is 0 Å². The molecule has 1 N–H and O–H groups in total. The molecular weight excluding hydrogens is 104 g/mol. The molecule has 0 bridgehead atoms. The summed E-state index contributed by atoms with van der Waals surface area (Å²) in [5.74, 6) is 0. The summed E-state index contributed by atoms with van der Waals surface area (Å²) in [7, 11) is 0. The third-order valence-corrected chi connectivity index (χ3v) is 0.292. The van der Waals surface area contributed by atoms with Crippen molar-refractivity contribution in [2.24, 2.45) is 0 Å². The number of alkyl halides is 2. The average molecular weight is 107 g/mol. The number of aliphatic hydroxyl groups is 1. The van der Waals surface area contributed by atoms with E-state index in [-0.39, 0.29) is 0 Å². The Balaban J connectivity index is 3.40. The highest BCUT2D eigenvalue weighted by atomic mass is 19.3. The summed E-state index contributed by atoms with van der Waals surface area (Å²) < 4.78 is 22.1. The standard InChI is InChI=1S/C3H3F2NO/c4-3(5,7)1-2-6/h7H,1H2. The number of hydrogen-bond acceptors (Lipinski definition) is 2. The number of hydrogen-bond donors (Lipinski definition) is 1. The van der Waals surface area contributed by atoms with Gasteiger partial charge in [-0.05, 0) is 0 Å². The largest absolute Gasteiger partial charge is 0.366 e. The monoisotopic (exact) mass is 107 g/mol. The molecular formula is C3H3F2NO. The Kier molecular flexibility index (Phi) is 1.66. The number of nitrogens with zero attached hydrogens (tertiary/aromatic N) is 1.